The normalized spacial score (nSPS) is 12.6. The van der Waals surface area contributed by atoms with Gasteiger partial charge in [-0.2, -0.15) is 8.42 Å². The zero-order valence-electron chi connectivity index (χ0n) is 14.0. The maximum absolute atomic E-state index is 12.7. The number of ether oxygens (including phenoxy) is 1. The molecule has 0 saturated heterocycles. The predicted octanol–water partition coefficient (Wildman–Crippen LogP) is 1.93. The number of aliphatic hydroxyl groups is 1. The van der Waals surface area contributed by atoms with Crippen molar-refractivity contribution in [2.75, 3.05) is 13.2 Å². The van der Waals surface area contributed by atoms with Crippen molar-refractivity contribution in [1.29, 1.82) is 0 Å². The zero-order chi connectivity index (χ0) is 20.5. The number of halogens is 1. The molecule has 0 spiro atoms. The standard InChI is InChI=1S/C15H14ClN3O6S3/c16-10-1-3-11(4-2-10)25-13-8-18-9-14-12(13)7-15(26-14)27(21,22)19(5-6-20)28(17,23)24/h1-4,7-9,20H,5-6H2,(H2,17,23,24). The first-order valence-corrected chi connectivity index (χ1v) is 11.7. The molecule has 0 saturated carbocycles. The molecule has 13 heteroatoms. The lowest BCUT2D eigenvalue weighted by Crippen LogP contribution is -2.42. The minimum atomic E-state index is -4.60. The van der Waals surface area contributed by atoms with Crippen molar-refractivity contribution in [3.63, 3.8) is 0 Å². The highest BCUT2D eigenvalue weighted by molar-refractivity contribution is 8.04. The molecule has 2 aromatic heterocycles. The van der Waals surface area contributed by atoms with Crippen LogP contribution in [0, 0.1) is 0 Å². The Labute approximate surface area is 170 Å². The van der Waals surface area contributed by atoms with Crippen molar-refractivity contribution in [2.45, 2.75) is 4.21 Å². The van der Waals surface area contributed by atoms with Crippen LogP contribution in [-0.4, -0.2) is 43.8 Å². The monoisotopic (exact) mass is 463 g/mol. The number of benzene rings is 1. The molecule has 150 valence electrons. The Balaban J connectivity index is 2.06. The van der Waals surface area contributed by atoms with Crippen LogP contribution in [0.5, 0.6) is 11.5 Å². The summed E-state index contributed by atoms with van der Waals surface area (Å²) >= 11 is 6.65. The van der Waals surface area contributed by atoms with Gasteiger partial charge in [0.05, 0.1) is 24.0 Å². The van der Waals surface area contributed by atoms with Crippen LogP contribution in [0.4, 0.5) is 0 Å². The average molecular weight is 464 g/mol. The molecule has 3 rings (SSSR count). The molecule has 0 aliphatic rings. The van der Waals surface area contributed by atoms with E-state index in [-0.39, 0.29) is 13.7 Å². The number of nitrogens with two attached hydrogens (primary N) is 1. The van der Waals surface area contributed by atoms with Crippen LogP contribution in [0.15, 0.2) is 46.9 Å². The predicted molar refractivity (Wildman–Crippen MR) is 105 cm³/mol. The lowest BCUT2D eigenvalue weighted by atomic mass is 10.3. The van der Waals surface area contributed by atoms with Crippen molar-refractivity contribution in [2.24, 2.45) is 5.14 Å². The first-order chi connectivity index (χ1) is 13.1. The van der Waals surface area contributed by atoms with E-state index in [1.54, 1.807) is 24.3 Å². The fourth-order valence-corrected chi connectivity index (χ4v) is 6.78. The van der Waals surface area contributed by atoms with Gasteiger partial charge in [-0.25, -0.2) is 13.6 Å². The van der Waals surface area contributed by atoms with Gasteiger partial charge in [-0.1, -0.05) is 15.3 Å². The van der Waals surface area contributed by atoms with E-state index >= 15 is 0 Å². The third kappa shape index (κ3) is 4.27. The van der Waals surface area contributed by atoms with Gasteiger partial charge < -0.3 is 9.84 Å². The van der Waals surface area contributed by atoms with E-state index in [1.165, 1.54) is 18.5 Å². The topological polar surface area (TPSA) is 140 Å². The average Bonchev–Trinajstić information content (AvgIpc) is 3.07. The number of nitrogens with zero attached hydrogens (tertiary/aromatic N) is 2. The van der Waals surface area contributed by atoms with Crippen LogP contribution < -0.4 is 9.88 Å². The van der Waals surface area contributed by atoms with Gasteiger partial charge >= 0.3 is 0 Å². The summed E-state index contributed by atoms with van der Waals surface area (Å²) in [5.41, 5.74) is 0. The highest BCUT2D eigenvalue weighted by atomic mass is 35.5. The van der Waals surface area contributed by atoms with E-state index in [4.69, 9.17) is 26.6 Å². The van der Waals surface area contributed by atoms with Gasteiger partial charge in [-0.3, -0.25) is 4.98 Å². The highest BCUT2D eigenvalue weighted by Crippen LogP contribution is 2.37. The van der Waals surface area contributed by atoms with E-state index in [0.717, 1.165) is 11.3 Å². The molecule has 0 fully saturated rings. The molecule has 0 radical (unpaired) electrons. The largest absolute Gasteiger partial charge is 0.455 e. The maximum atomic E-state index is 12.7. The second-order valence-corrected chi connectivity index (χ2v) is 10.8. The summed E-state index contributed by atoms with van der Waals surface area (Å²) in [5.74, 6) is 0.739. The summed E-state index contributed by atoms with van der Waals surface area (Å²) in [7, 11) is -9.10. The quantitative estimate of drug-likeness (QED) is 0.545. The minimum absolute atomic E-state index is 0.0534. The Bertz CT molecular complexity index is 1210. The summed E-state index contributed by atoms with van der Waals surface area (Å²) in [6, 6.07) is 7.81. The number of aromatic nitrogens is 1. The van der Waals surface area contributed by atoms with E-state index in [2.05, 4.69) is 4.98 Å². The third-order valence-corrected chi connectivity index (χ3v) is 8.82. The lowest BCUT2D eigenvalue weighted by molar-refractivity contribution is 0.281. The molecule has 28 heavy (non-hydrogen) atoms. The Morgan fingerprint density at radius 3 is 2.46 bits per heavy atom. The van der Waals surface area contributed by atoms with Crippen LogP contribution >= 0.6 is 22.9 Å². The molecule has 0 aliphatic carbocycles. The summed E-state index contributed by atoms with van der Waals surface area (Å²) in [5, 5.41) is 15.0. The van der Waals surface area contributed by atoms with E-state index < -0.39 is 33.4 Å². The van der Waals surface area contributed by atoms with Crippen molar-refractivity contribution < 1.29 is 26.7 Å². The summed E-state index contributed by atoms with van der Waals surface area (Å²) in [6.07, 6.45) is 2.84. The van der Waals surface area contributed by atoms with E-state index in [0.29, 0.717) is 20.9 Å². The molecule has 0 unspecified atom stereocenters. The maximum Gasteiger partial charge on any atom is 0.290 e. The van der Waals surface area contributed by atoms with Gasteiger partial charge in [-0.05, 0) is 30.3 Å². The second-order valence-electron chi connectivity index (χ2n) is 5.44. The van der Waals surface area contributed by atoms with Crippen LogP contribution in [0.25, 0.3) is 10.1 Å². The molecular weight excluding hydrogens is 450 g/mol. The van der Waals surface area contributed by atoms with Gasteiger partial charge in [-0.15, -0.1) is 11.3 Å². The number of thiophene rings is 1. The molecule has 9 nitrogen and oxygen atoms in total. The van der Waals surface area contributed by atoms with Gasteiger partial charge in [0, 0.05) is 16.6 Å². The van der Waals surface area contributed by atoms with E-state index in [1.807, 2.05) is 0 Å². The van der Waals surface area contributed by atoms with Crippen molar-refractivity contribution in [1.82, 2.24) is 8.69 Å². The molecule has 1 aromatic carbocycles. The highest BCUT2D eigenvalue weighted by Gasteiger charge is 2.34. The Hall–Kier alpha value is -1.80. The molecule has 3 N–H and O–H groups in total. The molecule has 2 heterocycles. The second kappa shape index (κ2) is 7.91. The molecule has 3 aromatic rings. The number of pyridine rings is 1. The third-order valence-electron chi connectivity index (χ3n) is 3.52. The Morgan fingerprint density at radius 1 is 1.18 bits per heavy atom. The first kappa shape index (κ1) is 20.9. The number of aliphatic hydroxyl groups excluding tert-OH is 1. The Morgan fingerprint density at radius 2 is 1.86 bits per heavy atom. The first-order valence-electron chi connectivity index (χ1n) is 7.60. The summed E-state index contributed by atoms with van der Waals surface area (Å²) in [6.45, 7) is -1.41. The molecular formula is C15H14ClN3O6S3. The lowest BCUT2D eigenvalue weighted by Gasteiger charge is -2.16. The molecule has 0 aliphatic heterocycles. The van der Waals surface area contributed by atoms with Crippen LogP contribution in [0.2, 0.25) is 5.02 Å². The van der Waals surface area contributed by atoms with Crippen LogP contribution in [-0.2, 0) is 20.2 Å². The Kier molecular flexibility index (Phi) is 5.91. The van der Waals surface area contributed by atoms with Gasteiger partial charge in [0.2, 0.25) is 0 Å². The number of sulfonamides is 1. The fraction of sp³-hybridized carbons (Fsp3) is 0.133. The summed E-state index contributed by atoms with van der Waals surface area (Å²) < 4.78 is 54.8. The van der Waals surface area contributed by atoms with Crippen molar-refractivity contribution in [3.8, 4) is 11.5 Å². The van der Waals surface area contributed by atoms with Gasteiger partial charge in [0.15, 0.2) is 5.75 Å². The van der Waals surface area contributed by atoms with E-state index in [9.17, 15) is 16.8 Å². The minimum Gasteiger partial charge on any atom is -0.455 e. The van der Waals surface area contributed by atoms with Gasteiger partial charge in [0.25, 0.3) is 20.2 Å². The van der Waals surface area contributed by atoms with Crippen molar-refractivity contribution in [3.05, 3.63) is 47.7 Å². The molecule has 0 bridgehead atoms. The van der Waals surface area contributed by atoms with Crippen molar-refractivity contribution >= 4 is 53.3 Å². The SMILES string of the molecule is NS(=O)(=O)N(CCO)S(=O)(=O)c1cc2c(Oc3ccc(Cl)cc3)cncc2s1. The van der Waals surface area contributed by atoms with Crippen LogP contribution in [0.3, 0.4) is 0 Å². The zero-order valence-corrected chi connectivity index (χ0v) is 17.2. The number of hydrogen-bond acceptors (Lipinski definition) is 8. The number of fused-ring (bicyclic) bond motifs is 1. The molecule has 0 atom stereocenters. The number of rotatable bonds is 7. The smallest absolute Gasteiger partial charge is 0.290 e. The fourth-order valence-electron chi connectivity index (χ4n) is 2.32. The number of hydrogen-bond donors (Lipinski definition) is 2. The van der Waals surface area contributed by atoms with Gasteiger partial charge in [0.1, 0.15) is 9.96 Å². The summed E-state index contributed by atoms with van der Waals surface area (Å²) in [4.78, 5) is 4.02. The van der Waals surface area contributed by atoms with Crippen LogP contribution in [0.1, 0.15) is 0 Å². The molecule has 0 amide bonds.